The molecule has 0 bridgehead atoms. The molecule has 1 atom stereocenters. The highest BCUT2D eigenvalue weighted by molar-refractivity contribution is 7.89. The summed E-state index contributed by atoms with van der Waals surface area (Å²) in [6, 6.07) is 0.837. The maximum Gasteiger partial charge on any atom is 0.433 e. The van der Waals surface area contributed by atoms with Crippen LogP contribution >= 0.6 is 11.6 Å². The standard InChI is InChI=1S/C21H24ClF3N6O5S/c22-18-16(10-27-29-19(18)32)31-8-7-14(11-31)36-20(33)28-12-1-3-13(4-2-12)30-37(34,35)15-5-6-17(26-9-15)21(23,24)25/h5-6,9-10,12-14,30H,1-4,7-8,11H2,(H,28,33)(H,29,32)/t12?,13?,14-/m1/s1. The summed E-state index contributed by atoms with van der Waals surface area (Å²) < 4.78 is 71.0. The number of rotatable bonds is 6. The van der Waals surface area contributed by atoms with Crippen LogP contribution in [-0.2, 0) is 20.9 Å². The summed E-state index contributed by atoms with van der Waals surface area (Å²) in [7, 11) is -4.04. The van der Waals surface area contributed by atoms with Crippen molar-refractivity contribution in [2.24, 2.45) is 0 Å². The van der Waals surface area contributed by atoms with Crippen molar-refractivity contribution in [1.29, 1.82) is 0 Å². The van der Waals surface area contributed by atoms with Crippen molar-refractivity contribution in [3.63, 3.8) is 0 Å². The molecule has 0 aromatic carbocycles. The molecule has 37 heavy (non-hydrogen) atoms. The number of aromatic amines is 1. The van der Waals surface area contributed by atoms with Crippen molar-refractivity contribution in [3.05, 3.63) is 45.6 Å². The minimum Gasteiger partial charge on any atom is -0.444 e. The van der Waals surface area contributed by atoms with Gasteiger partial charge in [-0.25, -0.2) is 23.0 Å². The van der Waals surface area contributed by atoms with Gasteiger partial charge in [-0.2, -0.15) is 18.3 Å². The zero-order valence-corrected chi connectivity index (χ0v) is 20.9. The summed E-state index contributed by atoms with van der Waals surface area (Å²) in [6.45, 7) is 0.883. The fourth-order valence-electron chi connectivity index (χ4n) is 4.34. The number of sulfonamides is 1. The van der Waals surface area contributed by atoms with Crippen LogP contribution in [0.4, 0.5) is 23.7 Å². The Morgan fingerprint density at radius 3 is 2.49 bits per heavy atom. The van der Waals surface area contributed by atoms with E-state index in [9.17, 15) is 31.2 Å². The molecule has 4 rings (SSSR count). The number of anilines is 1. The molecule has 1 aliphatic heterocycles. The number of hydrogen-bond donors (Lipinski definition) is 3. The Kier molecular flexibility index (Phi) is 7.94. The summed E-state index contributed by atoms with van der Waals surface area (Å²) in [4.78, 5) is 28.7. The Morgan fingerprint density at radius 2 is 1.84 bits per heavy atom. The van der Waals surface area contributed by atoms with Crippen LogP contribution in [0.2, 0.25) is 5.02 Å². The third kappa shape index (κ3) is 6.70. The van der Waals surface area contributed by atoms with Crippen molar-refractivity contribution >= 4 is 33.4 Å². The highest BCUT2D eigenvalue weighted by Gasteiger charge is 2.33. The molecule has 1 saturated carbocycles. The molecule has 0 spiro atoms. The number of ether oxygens (including phenoxy) is 1. The van der Waals surface area contributed by atoms with Gasteiger partial charge in [0.25, 0.3) is 5.56 Å². The predicted molar refractivity (Wildman–Crippen MR) is 126 cm³/mol. The lowest BCUT2D eigenvalue weighted by atomic mass is 9.92. The quantitative estimate of drug-likeness (QED) is 0.485. The van der Waals surface area contributed by atoms with Gasteiger partial charge in [0.15, 0.2) is 0 Å². The van der Waals surface area contributed by atoms with Gasteiger partial charge >= 0.3 is 12.3 Å². The van der Waals surface area contributed by atoms with E-state index in [1.165, 1.54) is 6.20 Å². The first-order valence-corrected chi connectivity index (χ1v) is 13.3. The second kappa shape index (κ2) is 10.8. The van der Waals surface area contributed by atoms with E-state index in [2.05, 4.69) is 25.2 Å². The molecule has 2 fully saturated rings. The number of amides is 1. The van der Waals surface area contributed by atoms with Crippen molar-refractivity contribution in [2.45, 2.75) is 61.4 Å². The van der Waals surface area contributed by atoms with Gasteiger partial charge in [-0.1, -0.05) is 11.6 Å². The van der Waals surface area contributed by atoms with E-state index in [0.29, 0.717) is 63.1 Å². The molecule has 3 heterocycles. The lowest BCUT2D eigenvalue weighted by molar-refractivity contribution is -0.141. The number of nitrogens with zero attached hydrogens (tertiary/aromatic N) is 3. The van der Waals surface area contributed by atoms with Gasteiger partial charge in [0.1, 0.15) is 21.7 Å². The van der Waals surface area contributed by atoms with Gasteiger partial charge in [0.05, 0.1) is 18.4 Å². The fourth-order valence-corrected chi connectivity index (χ4v) is 5.80. The molecule has 2 aromatic heterocycles. The maximum atomic E-state index is 12.7. The highest BCUT2D eigenvalue weighted by Crippen LogP contribution is 2.28. The van der Waals surface area contributed by atoms with Gasteiger partial charge in [-0.3, -0.25) is 9.78 Å². The normalized spacial score (nSPS) is 22.6. The van der Waals surface area contributed by atoms with E-state index in [4.69, 9.17) is 16.3 Å². The van der Waals surface area contributed by atoms with Crippen LogP contribution in [0, 0.1) is 0 Å². The van der Waals surface area contributed by atoms with Crippen LogP contribution in [0.1, 0.15) is 37.8 Å². The maximum absolute atomic E-state index is 12.7. The van der Waals surface area contributed by atoms with E-state index in [1.54, 1.807) is 0 Å². The average molecular weight is 565 g/mol. The van der Waals surface area contributed by atoms with Crippen LogP contribution in [0.5, 0.6) is 0 Å². The number of pyridine rings is 1. The first-order chi connectivity index (χ1) is 17.4. The van der Waals surface area contributed by atoms with E-state index in [1.807, 2.05) is 4.90 Å². The average Bonchev–Trinajstić information content (AvgIpc) is 3.29. The van der Waals surface area contributed by atoms with Crippen molar-refractivity contribution in [2.75, 3.05) is 18.0 Å². The number of halogens is 4. The molecular formula is C21H24ClF3N6O5S. The molecule has 1 saturated heterocycles. The molecule has 0 unspecified atom stereocenters. The third-order valence-corrected chi connectivity index (χ3v) is 8.12. The summed E-state index contributed by atoms with van der Waals surface area (Å²) in [5, 5.41) is 8.79. The number of nitrogens with one attached hydrogen (secondary N) is 3. The topological polar surface area (TPSA) is 146 Å². The minimum absolute atomic E-state index is 0.0158. The zero-order valence-electron chi connectivity index (χ0n) is 19.3. The number of carbonyl (C=O) groups is 1. The van der Waals surface area contributed by atoms with Crippen LogP contribution in [0.25, 0.3) is 0 Å². The van der Waals surface area contributed by atoms with Crippen LogP contribution < -0.4 is 20.5 Å². The Balaban J connectivity index is 1.22. The Bertz CT molecular complexity index is 1280. The second-order valence-corrected chi connectivity index (χ2v) is 10.9. The van der Waals surface area contributed by atoms with Gasteiger partial charge in [-0.05, 0) is 37.8 Å². The number of carbonyl (C=O) groups excluding carboxylic acids is 1. The van der Waals surface area contributed by atoms with Crippen molar-refractivity contribution < 1.29 is 31.1 Å². The van der Waals surface area contributed by atoms with E-state index in [0.717, 1.165) is 6.07 Å². The zero-order chi connectivity index (χ0) is 26.8. The summed E-state index contributed by atoms with van der Waals surface area (Å²) in [5.41, 5.74) is -1.22. The monoisotopic (exact) mass is 564 g/mol. The highest BCUT2D eigenvalue weighted by atomic mass is 35.5. The predicted octanol–water partition coefficient (Wildman–Crippen LogP) is 2.43. The van der Waals surface area contributed by atoms with E-state index < -0.39 is 45.7 Å². The van der Waals surface area contributed by atoms with E-state index >= 15 is 0 Å². The first-order valence-electron chi connectivity index (χ1n) is 11.4. The fraction of sp³-hybridized carbons (Fsp3) is 0.524. The summed E-state index contributed by atoms with van der Waals surface area (Å²) >= 11 is 6.03. The number of H-pyrrole nitrogens is 1. The SMILES string of the molecule is O=C(NC1CCC(NS(=O)(=O)c2ccc(C(F)(F)F)nc2)CC1)O[C@@H]1CCN(c2cn[nH]c(=O)c2Cl)C1. The van der Waals surface area contributed by atoms with Crippen LogP contribution in [-0.4, -0.2) is 61.0 Å². The molecule has 2 aliphatic rings. The van der Waals surface area contributed by atoms with Gasteiger partial charge in [-0.15, -0.1) is 0 Å². The minimum atomic E-state index is -4.66. The van der Waals surface area contributed by atoms with Crippen LogP contribution in [0.15, 0.2) is 34.2 Å². The van der Waals surface area contributed by atoms with Gasteiger partial charge in [0.2, 0.25) is 10.0 Å². The Labute approximate surface area is 214 Å². The second-order valence-electron chi connectivity index (χ2n) is 8.85. The Morgan fingerprint density at radius 1 is 1.14 bits per heavy atom. The molecule has 1 amide bonds. The molecule has 0 radical (unpaired) electrons. The molecule has 1 aliphatic carbocycles. The molecule has 11 nitrogen and oxygen atoms in total. The number of hydrogen-bond acceptors (Lipinski definition) is 8. The lowest BCUT2D eigenvalue weighted by Crippen LogP contribution is -2.44. The number of alkyl carbamates (subject to hydrolysis) is 1. The molecule has 16 heteroatoms. The van der Waals surface area contributed by atoms with Crippen molar-refractivity contribution in [3.8, 4) is 0 Å². The third-order valence-electron chi connectivity index (χ3n) is 6.24. The Hall–Kier alpha value is -2.91. The molecule has 2 aromatic rings. The smallest absolute Gasteiger partial charge is 0.433 e. The van der Waals surface area contributed by atoms with Crippen LogP contribution in [0.3, 0.4) is 0 Å². The molecular weight excluding hydrogens is 541 g/mol. The number of alkyl halides is 3. The molecule has 202 valence electrons. The summed E-state index contributed by atoms with van der Waals surface area (Å²) in [6.07, 6.45) is -1.19. The van der Waals surface area contributed by atoms with Gasteiger partial charge in [0, 0.05) is 31.2 Å². The lowest BCUT2D eigenvalue weighted by Gasteiger charge is -2.29. The van der Waals surface area contributed by atoms with Crippen molar-refractivity contribution in [1.82, 2.24) is 25.2 Å². The van der Waals surface area contributed by atoms with E-state index in [-0.39, 0.29) is 16.0 Å². The first kappa shape index (κ1) is 27.1. The summed E-state index contributed by atoms with van der Waals surface area (Å²) in [5.74, 6) is 0. The number of aromatic nitrogens is 3. The molecule has 3 N–H and O–H groups in total. The van der Waals surface area contributed by atoms with Gasteiger partial charge < -0.3 is 15.0 Å². The largest absolute Gasteiger partial charge is 0.444 e.